The molecule has 0 fully saturated rings. The topological polar surface area (TPSA) is 126 Å². The van der Waals surface area contributed by atoms with Crippen molar-refractivity contribution >= 4 is 29.4 Å². The molecule has 1 aliphatic heterocycles. The average molecular weight is 553 g/mol. The third-order valence-corrected chi connectivity index (χ3v) is 6.84. The Morgan fingerprint density at radius 1 is 1.08 bits per heavy atom. The van der Waals surface area contributed by atoms with Gasteiger partial charge < -0.3 is 24.1 Å². The van der Waals surface area contributed by atoms with Crippen molar-refractivity contribution in [1.82, 2.24) is 4.57 Å². The van der Waals surface area contributed by atoms with E-state index >= 15 is 0 Å². The smallest absolute Gasteiger partial charge is 0.341 e. The van der Waals surface area contributed by atoms with Crippen molar-refractivity contribution in [3.8, 4) is 17.2 Å². The molecule has 0 saturated heterocycles. The van der Waals surface area contributed by atoms with Crippen LogP contribution in [-0.2, 0) is 14.3 Å². The number of fused-ring (bicyclic) bond motifs is 1. The second-order valence-electron chi connectivity index (χ2n) is 8.40. The molecule has 0 spiro atoms. The van der Waals surface area contributed by atoms with Gasteiger partial charge in [0.05, 0.1) is 42.2 Å². The van der Waals surface area contributed by atoms with Crippen LogP contribution >= 0.6 is 11.3 Å². The summed E-state index contributed by atoms with van der Waals surface area (Å²) in [5.74, 6) is -0.374. The largest absolute Gasteiger partial charge is 0.494 e. The van der Waals surface area contributed by atoms with E-state index in [4.69, 9.17) is 24.1 Å². The second-order valence-corrected chi connectivity index (χ2v) is 9.41. The minimum Gasteiger partial charge on any atom is -0.494 e. The number of carboxylic acids is 1. The number of carbonyl (C=O) groups excluding carboxylic acids is 1. The predicted molar refractivity (Wildman–Crippen MR) is 144 cm³/mol. The normalized spacial score (nSPS) is 14.9. The number of allylic oxidation sites excluding steroid dienone is 1. The van der Waals surface area contributed by atoms with E-state index in [0.29, 0.717) is 49.8 Å². The third kappa shape index (κ3) is 5.88. The zero-order chi connectivity index (χ0) is 28.1. The van der Waals surface area contributed by atoms with E-state index in [2.05, 4.69) is 4.99 Å². The fourth-order valence-corrected chi connectivity index (χ4v) is 5.25. The predicted octanol–water partition coefficient (Wildman–Crippen LogP) is 2.67. The Labute approximate surface area is 228 Å². The summed E-state index contributed by atoms with van der Waals surface area (Å²) < 4.78 is 23.4. The van der Waals surface area contributed by atoms with Crippen LogP contribution in [0.3, 0.4) is 0 Å². The van der Waals surface area contributed by atoms with E-state index in [0.717, 1.165) is 0 Å². The van der Waals surface area contributed by atoms with E-state index in [1.807, 2.05) is 19.1 Å². The SMILES string of the molecule is CCOC(=O)C1=C(C)N=c2sc(=Cc3ccc(OCC(=O)O)c(OC)c3)c(=O)n2C1c1ccc(OCC)cc1. The highest BCUT2D eigenvalue weighted by atomic mass is 32.1. The van der Waals surface area contributed by atoms with Gasteiger partial charge in [-0.2, -0.15) is 0 Å². The Morgan fingerprint density at radius 2 is 1.82 bits per heavy atom. The number of thiazole rings is 1. The number of rotatable bonds is 10. The average Bonchev–Trinajstić information content (AvgIpc) is 3.21. The molecular formula is C28H28N2O8S. The molecule has 11 heteroatoms. The van der Waals surface area contributed by atoms with Crippen molar-refractivity contribution in [2.75, 3.05) is 26.9 Å². The third-order valence-electron chi connectivity index (χ3n) is 5.86. The number of carbonyl (C=O) groups is 2. The highest BCUT2D eigenvalue weighted by Gasteiger charge is 2.33. The summed E-state index contributed by atoms with van der Waals surface area (Å²) in [5, 5.41) is 8.89. The summed E-state index contributed by atoms with van der Waals surface area (Å²) in [7, 11) is 1.44. The molecule has 1 atom stereocenters. The van der Waals surface area contributed by atoms with Gasteiger partial charge in [0, 0.05) is 0 Å². The summed E-state index contributed by atoms with van der Waals surface area (Å²) in [6, 6.07) is 11.4. The molecule has 0 saturated carbocycles. The highest BCUT2D eigenvalue weighted by molar-refractivity contribution is 7.07. The highest BCUT2D eigenvalue weighted by Crippen LogP contribution is 2.32. The first-order chi connectivity index (χ1) is 18.8. The Hall–Kier alpha value is -4.38. The van der Waals surface area contributed by atoms with Crippen LogP contribution in [0.4, 0.5) is 0 Å². The van der Waals surface area contributed by atoms with Crippen LogP contribution in [0.2, 0.25) is 0 Å². The first-order valence-corrected chi connectivity index (χ1v) is 13.0. The number of carboxylic acid groups (broad SMARTS) is 1. The van der Waals surface area contributed by atoms with Gasteiger partial charge >= 0.3 is 11.9 Å². The molecule has 3 aromatic rings. The van der Waals surface area contributed by atoms with Crippen molar-refractivity contribution < 1.29 is 33.6 Å². The van der Waals surface area contributed by atoms with Crippen LogP contribution in [-0.4, -0.2) is 48.5 Å². The van der Waals surface area contributed by atoms with Crippen LogP contribution in [0.5, 0.6) is 17.2 Å². The number of aliphatic carboxylic acids is 1. The number of esters is 1. The van der Waals surface area contributed by atoms with E-state index in [9.17, 15) is 14.4 Å². The molecule has 0 radical (unpaired) electrons. The van der Waals surface area contributed by atoms with E-state index in [1.165, 1.54) is 23.0 Å². The van der Waals surface area contributed by atoms with Crippen LogP contribution in [0, 0.1) is 0 Å². The lowest BCUT2D eigenvalue weighted by Gasteiger charge is -2.24. The Morgan fingerprint density at radius 3 is 2.46 bits per heavy atom. The van der Waals surface area contributed by atoms with Crippen molar-refractivity contribution in [2.45, 2.75) is 26.8 Å². The van der Waals surface area contributed by atoms with Crippen molar-refractivity contribution in [2.24, 2.45) is 4.99 Å². The molecule has 10 nitrogen and oxygen atoms in total. The van der Waals surface area contributed by atoms with E-state index in [-0.39, 0.29) is 17.9 Å². The van der Waals surface area contributed by atoms with Crippen molar-refractivity contribution in [3.05, 3.63) is 84.5 Å². The van der Waals surface area contributed by atoms with Crippen molar-refractivity contribution in [1.29, 1.82) is 0 Å². The molecule has 2 aromatic carbocycles. The number of aromatic nitrogens is 1. The first-order valence-electron chi connectivity index (χ1n) is 12.2. The van der Waals surface area contributed by atoms with Gasteiger partial charge in [-0.25, -0.2) is 14.6 Å². The Bertz CT molecular complexity index is 1600. The van der Waals surface area contributed by atoms with Gasteiger partial charge in [0.1, 0.15) is 5.75 Å². The van der Waals surface area contributed by atoms with Gasteiger partial charge in [0.25, 0.3) is 5.56 Å². The number of methoxy groups -OCH3 is 1. The maximum atomic E-state index is 13.8. The second kappa shape index (κ2) is 12.0. The summed E-state index contributed by atoms with van der Waals surface area (Å²) in [4.78, 5) is 42.7. The lowest BCUT2D eigenvalue weighted by Crippen LogP contribution is -2.39. The lowest BCUT2D eigenvalue weighted by atomic mass is 9.96. The number of ether oxygens (including phenoxy) is 4. The number of hydrogen-bond acceptors (Lipinski definition) is 9. The number of nitrogens with zero attached hydrogens (tertiary/aromatic N) is 2. The first kappa shape index (κ1) is 27.6. The van der Waals surface area contributed by atoms with Gasteiger partial charge in [0.15, 0.2) is 22.9 Å². The van der Waals surface area contributed by atoms with Gasteiger partial charge in [-0.05, 0) is 62.2 Å². The van der Waals surface area contributed by atoms with Crippen LogP contribution < -0.4 is 29.1 Å². The lowest BCUT2D eigenvalue weighted by molar-refractivity contribution is -0.140. The molecule has 0 amide bonds. The maximum absolute atomic E-state index is 13.8. The number of hydrogen-bond donors (Lipinski definition) is 1. The molecule has 1 N–H and O–H groups in total. The summed E-state index contributed by atoms with van der Waals surface area (Å²) in [6.45, 7) is 5.53. The minimum atomic E-state index is -1.11. The van der Waals surface area contributed by atoms with Gasteiger partial charge in [-0.1, -0.05) is 29.5 Å². The molecule has 204 valence electrons. The summed E-state index contributed by atoms with van der Waals surface area (Å²) in [6.07, 6.45) is 1.69. The molecule has 39 heavy (non-hydrogen) atoms. The van der Waals surface area contributed by atoms with Gasteiger partial charge in [-0.3, -0.25) is 9.36 Å². The zero-order valence-electron chi connectivity index (χ0n) is 21.9. The molecule has 1 unspecified atom stereocenters. The number of benzene rings is 2. The Kier molecular flexibility index (Phi) is 8.50. The standard InChI is InChI=1S/C28H28N2O8S/c1-5-36-19-10-8-18(9-11-19)25-24(27(34)37-6-2)16(3)29-28-30(25)26(33)22(39-28)14-17-7-12-20(21(13-17)35-4)38-15-23(31)32/h7-14,25H,5-6,15H2,1-4H3,(H,31,32). The molecule has 2 heterocycles. The van der Waals surface area contributed by atoms with Gasteiger partial charge in [-0.15, -0.1) is 0 Å². The Balaban J connectivity index is 1.83. The molecular weight excluding hydrogens is 524 g/mol. The van der Waals surface area contributed by atoms with Crippen molar-refractivity contribution in [3.63, 3.8) is 0 Å². The van der Waals surface area contributed by atoms with E-state index < -0.39 is 24.6 Å². The molecule has 1 aromatic heterocycles. The zero-order valence-corrected chi connectivity index (χ0v) is 22.7. The van der Waals surface area contributed by atoms with E-state index in [1.54, 1.807) is 50.3 Å². The van der Waals surface area contributed by atoms with Crippen LogP contribution in [0.15, 0.2) is 63.5 Å². The molecule has 1 aliphatic rings. The summed E-state index contributed by atoms with van der Waals surface area (Å²) in [5.41, 5.74) is 1.80. The molecule has 0 aliphatic carbocycles. The fraction of sp³-hybridized carbons (Fsp3) is 0.286. The van der Waals surface area contributed by atoms with Gasteiger partial charge in [0.2, 0.25) is 0 Å². The molecule has 4 rings (SSSR count). The monoisotopic (exact) mass is 552 g/mol. The molecule has 0 bridgehead atoms. The van der Waals surface area contributed by atoms with Crippen LogP contribution in [0.25, 0.3) is 6.08 Å². The van der Waals surface area contributed by atoms with Crippen LogP contribution in [0.1, 0.15) is 37.9 Å². The maximum Gasteiger partial charge on any atom is 0.341 e. The summed E-state index contributed by atoms with van der Waals surface area (Å²) >= 11 is 1.20. The minimum absolute atomic E-state index is 0.185. The fourth-order valence-electron chi connectivity index (χ4n) is 4.20. The quantitative estimate of drug-likeness (QED) is 0.381.